The summed E-state index contributed by atoms with van der Waals surface area (Å²) in [6.45, 7) is 1.74. The second kappa shape index (κ2) is 2.69. The van der Waals surface area contributed by atoms with Gasteiger partial charge >= 0.3 is 0 Å². The number of hydrogen-bond acceptors (Lipinski definition) is 1. The monoisotopic (exact) mass is 186 g/mol. The average Bonchev–Trinajstić information content (AvgIpc) is 2.75. The second-order valence-electron chi connectivity index (χ2n) is 4.62. The van der Waals surface area contributed by atoms with Gasteiger partial charge in [-0.1, -0.05) is 24.3 Å². The van der Waals surface area contributed by atoms with E-state index in [1.807, 2.05) is 0 Å². The van der Waals surface area contributed by atoms with Gasteiger partial charge in [-0.3, -0.25) is 4.79 Å². The fourth-order valence-electron chi connectivity index (χ4n) is 3.31. The van der Waals surface area contributed by atoms with E-state index < -0.39 is 0 Å². The van der Waals surface area contributed by atoms with Crippen molar-refractivity contribution in [3.8, 4) is 0 Å². The van der Waals surface area contributed by atoms with Crippen LogP contribution >= 0.6 is 0 Å². The molecule has 0 N–H and O–H groups in total. The summed E-state index contributed by atoms with van der Waals surface area (Å²) in [6.07, 6.45) is 2.31. The van der Waals surface area contributed by atoms with E-state index in [0.29, 0.717) is 23.5 Å². The number of fused-ring (bicyclic) bond motifs is 5. The second-order valence-corrected chi connectivity index (χ2v) is 4.62. The van der Waals surface area contributed by atoms with Gasteiger partial charge in [0.05, 0.1) is 0 Å². The van der Waals surface area contributed by atoms with Crippen molar-refractivity contribution in [1.82, 2.24) is 0 Å². The Balaban J connectivity index is 2.06. The zero-order chi connectivity index (χ0) is 9.71. The van der Waals surface area contributed by atoms with Gasteiger partial charge in [0.15, 0.2) is 0 Å². The molecule has 1 saturated carbocycles. The van der Waals surface area contributed by atoms with Gasteiger partial charge in [-0.05, 0) is 42.7 Å². The molecule has 0 radical (unpaired) electrons. The zero-order valence-corrected chi connectivity index (χ0v) is 8.36. The van der Waals surface area contributed by atoms with Crippen molar-refractivity contribution in [3.63, 3.8) is 0 Å². The van der Waals surface area contributed by atoms with Crippen LogP contribution in [-0.4, -0.2) is 5.78 Å². The minimum Gasteiger partial charge on any atom is -0.300 e. The molecule has 3 atom stereocenters. The van der Waals surface area contributed by atoms with Gasteiger partial charge in [0.1, 0.15) is 5.78 Å². The fourth-order valence-corrected chi connectivity index (χ4v) is 3.31. The summed E-state index contributed by atoms with van der Waals surface area (Å²) >= 11 is 0. The Kier molecular flexibility index (Phi) is 1.58. The highest BCUT2D eigenvalue weighted by atomic mass is 16.1. The molecule has 2 bridgehead atoms. The first-order chi connectivity index (χ1) is 6.77. The lowest BCUT2D eigenvalue weighted by atomic mass is 9.82. The van der Waals surface area contributed by atoms with E-state index in [1.54, 1.807) is 6.92 Å². The highest BCUT2D eigenvalue weighted by molar-refractivity contribution is 5.80. The van der Waals surface area contributed by atoms with Gasteiger partial charge in [-0.2, -0.15) is 0 Å². The summed E-state index contributed by atoms with van der Waals surface area (Å²) in [7, 11) is 0. The topological polar surface area (TPSA) is 17.1 Å². The van der Waals surface area contributed by atoms with E-state index in [2.05, 4.69) is 24.3 Å². The van der Waals surface area contributed by atoms with Crippen molar-refractivity contribution in [2.45, 2.75) is 31.6 Å². The Morgan fingerprint density at radius 2 is 1.93 bits per heavy atom. The first-order valence-electron chi connectivity index (χ1n) is 5.36. The van der Waals surface area contributed by atoms with Crippen LogP contribution in [0.4, 0.5) is 0 Å². The first kappa shape index (κ1) is 8.22. The lowest BCUT2D eigenvalue weighted by Crippen LogP contribution is -2.17. The highest BCUT2D eigenvalue weighted by Crippen LogP contribution is 2.56. The van der Waals surface area contributed by atoms with Crippen LogP contribution in [0.5, 0.6) is 0 Å². The molecule has 0 saturated heterocycles. The van der Waals surface area contributed by atoms with E-state index in [4.69, 9.17) is 0 Å². The lowest BCUT2D eigenvalue weighted by Gasteiger charge is -2.21. The summed E-state index contributed by atoms with van der Waals surface area (Å²) in [5.74, 6) is 1.90. The normalized spacial score (nSPS) is 33.1. The van der Waals surface area contributed by atoms with Gasteiger partial charge in [0, 0.05) is 5.92 Å². The summed E-state index contributed by atoms with van der Waals surface area (Å²) in [5.41, 5.74) is 2.96. The Labute approximate surface area is 84.1 Å². The van der Waals surface area contributed by atoms with Crippen molar-refractivity contribution in [1.29, 1.82) is 0 Å². The predicted octanol–water partition coefficient (Wildman–Crippen LogP) is 2.87. The molecule has 0 aromatic heterocycles. The Hall–Kier alpha value is -1.11. The van der Waals surface area contributed by atoms with Crippen LogP contribution in [-0.2, 0) is 4.79 Å². The molecule has 1 aromatic rings. The van der Waals surface area contributed by atoms with Crippen LogP contribution in [0, 0.1) is 5.92 Å². The highest BCUT2D eigenvalue weighted by Gasteiger charge is 2.45. The van der Waals surface area contributed by atoms with Crippen molar-refractivity contribution in [2.75, 3.05) is 0 Å². The van der Waals surface area contributed by atoms with E-state index in [9.17, 15) is 4.79 Å². The molecule has 14 heavy (non-hydrogen) atoms. The minimum atomic E-state index is 0.315. The molecule has 2 aliphatic rings. The number of carbonyl (C=O) groups is 1. The summed E-state index contributed by atoms with van der Waals surface area (Å²) in [5, 5.41) is 0. The molecule has 72 valence electrons. The average molecular weight is 186 g/mol. The number of rotatable bonds is 1. The van der Waals surface area contributed by atoms with Gasteiger partial charge in [0.25, 0.3) is 0 Å². The third-order valence-corrected chi connectivity index (χ3v) is 3.92. The van der Waals surface area contributed by atoms with E-state index in [1.165, 1.54) is 17.5 Å². The SMILES string of the molecule is CC(=O)C1CC2CC1c1ccccc12. The third-order valence-electron chi connectivity index (χ3n) is 3.92. The van der Waals surface area contributed by atoms with Gasteiger partial charge in [-0.15, -0.1) is 0 Å². The van der Waals surface area contributed by atoms with Crippen LogP contribution in [0.3, 0.4) is 0 Å². The molecule has 1 nitrogen and oxygen atoms in total. The van der Waals surface area contributed by atoms with Gasteiger partial charge in [-0.25, -0.2) is 0 Å². The van der Waals surface area contributed by atoms with Crippen molar-refractivity contribution >= 4 is 5.78 Å². The number of benzene rings is 1. The zero-order valence-electron chi connectivity index (χ0n) is 8.36. The van der Waals surface area contributed by atoms with E-state index in [0.717, 1.165) is 6.42 Å². The number of hydrogen-bond donors (Lipinski definition) is 0. The molecule has 3 unspecified atom stereocenters. The first-order valence-corrected chi connectivity index (χ1v) is 5.36. The molecule has 1 fully saturated rings. The van der Waals surface area contributed by atoms with Crippen LogP contribution in [0.15, 0.2) is 24.3 Å². The molecular formula is C13H14O. The molecule has 0 amide bonds. The van der Waals surface area contributed by atoms with Crippen LogP contribution in [0.2, 0.25) is 0 Å². The largest absolute Gasteiger partial charge is 0.300 e. The molecule has 0 spiro atoms. The van der Waals surface area contributed by atoms with Crippen LogP contribution in [0.25, 0.3) is 0 Å². The maximum atomic E-state index is 11.4. The van der Waals surface area contributed by atoms with Crippen LogP contribution in [0.1, 0.15) is 42.7 Å². The summed E-state index contributed by atoms with van der Waals surface area (Å²) < 4.78 is 0. The molecule has 1 heteroatoms. The lowest BCUT2D eigenvalue weighted by molar-refractivity contribution is -0.121. The number of ketones is 1. The van der Waals surface area contributed by atoms with Crippen molar-refractivity contribution in [3.05, 3.63) is 35.4 Å². The molecular weight excluding hydrogens is 172 g/mol. The molecule has 3 rings (SSSR count). The molecule has 2 aliphatic carbocycles. The Morgan fingerprint density at radius 1 is 1.21 bits per heavy atom. The molecule has 0 heterocycles. The number of Topliss-reactive ketones (excluding diaryl/α,β-unsaturated/α-hetero) is 1. The number of carbonyl (C=O) groups excluding carboxylic acids is 1. The Bertz CT molecular complexity index is 394. The molecule has 0 aliphatic heterocycles. The van der Waals surface area contributed by atoms with Crippen molar-refractivity contribution in [2.24, 2.45) is 5.92 Å². The third kappa shape index (κ3) is 0.927. The smallest absolute Gasteiger partial charge is 0.133 e. The van der Waals surface area contributed by atoms with Gasteiger partial charge < -0.3 is 0 Å². The predicted molar refractivity (Wildman–Crippen MR) is 55.3 cm³/mol. The maximum Gasteiger partial charge on any atom is 0.133 e. The Morgan fingerprint density at radius 3 is 2.64 bits per heavy atom. The summed E-state index contributed by atoms with van der Waals surface area (Å²) in [4.78, 5) is 11.4. The molecule has 1 aromatic carbocycles. The van der Waals surface area contributed by atoms with Gasteiger partial charge in [0.2, 0.25) is 0 Å². The standard InChI is InChI=1S/C13H14O/c1-8(14)12-6-9-7-13(12)11-5-3-2-4-10(9)11/h2-5,9,12-13H,6-7H2,1H3. The fraction of sp³-hybridized carbons (Fsp3) is 0.462. The van der Waals surface area contributed by atoms with E-state index in [-0.39, 0.29) is 0 Å². The van der Waals surface area contributed by atoms with E-state index >= 15 is 0 Å². The van der Waals surface area contributed by atoms with Crippen molar-refractivity contribution < 1.29 is 4.79 Å². The minimum absolute atomic E-state index is 0.315. The maximum absolute atomic E-state index is 11.4. The van der Waals surface area contributed by atoms with Crippen LogP contribution < -0.4 is 0 Å². The summed E-state index contributed by atoms with van der Waals surface area (Å²) in [6, 6.07) is 8.64. The quantitative estimate of drug-likeness (QED) is 0.659.